The van der Waals surface area contributed by atoms with Crippen LogP contribution in [0.25, 0.3) is 5.76 Å². The summed E-state index contributed by atoms with van der Waals surface area (Å²) in [5.41, 5.74) is 2.12. The molecule has 0 bridgehead atoms. The molecule has 0 atom stereocenters. The van der Waals surface area contributed by atoms with Crippen molar-refractivity contribution in [2.75, 3.05) is 27.2 Å². The van der Waals surface area contributed by atoms with E-state index in [2.05, 4.69) is 9.89 Å². The molecule has 0 heterocycles. The Morgan fingerprint density at radius 1 is 1.25 bits per heavy atom. The number of Topliss-reactive ketones (excluding diaryl/α,β-unsaturated/α-hetero) is 1. The van der Waals surface area contributed by atoms with Gasteiger partial charge in [-0.2, -0.15) is 0 Å². The highest BCUT2D eigenvalue weighted by Crippen LogP contribution is 2.31. The third kappa shape index (κ3) is 2.80. The Labute approximate surface area is 119 Å². The third-order valence-corrected chi connectivity index (χ3v) is 3.36. The van der Waals surface area contributed by atoms with Gasteiger partial charge in [0.05, 0.1) is 5.57 Å². The number of carbonyl (C=O) groups excluding carboxylic acids is 1. The van der Waals surface area contributed by atoms with Crippen LogP contribution >= 0.6 is 0 Å². The Hall–Kier alpha value is -1.94. The molecule has 0 saturated heterocycles. The molecule has 4 nitrogen and oxygen atoms in total. The van der Waals surface area contributed by atoms with Gasteiger partial charge in [-0.15, -0.1) is 0 Å². The molecule has 1 aliphatic carbocycles. The number of fused-ring (bicyclic) bond motifs is 1. The molecule has 4 heteroatoms. The fraction of sp³-hybridized carbons (Fsp3) is 0.375. The van der Waals surface area contributed by atoms with Gasteiger partial charge in [0.1, 0.15) is 5.76 Å². The van der Waals surface area contributed by atoms with Crippen molar-refractivity contribution in [1.82, 2.24) is 4.90 Å². The van der Waals surface area contributed by atoms with Crippen LogP contribution in [0.15, 0.2) is 34.8 Å². The SMILES string of the molecule is CC(=NCCCN(C)C)C1=C(O)c2ccccc2C1=O. The maximum Gasteiger partial charge on any atom is 0.199 e. The zero-order valence-electron chi connectivity index (χ0n) is 12.2. The molecule has 0 unspecified atom stereocenters. The molecule has 1 aliphatic rings. The first-order valence-electron chi connectivity index (χ1n) is 6.76. The molecule has 20 heavy (non-hydrogen) atoms. The monoisotopic (exact) mass is 272 g/mol. The lowest BCUT2D eigenvalue weighted by atomic mass is 10.1. The van der Waals surface area contributed by atoms with E-state index in [0.717, 1.165) is 13.0 Å². The van der Waals surface area contributed by atoms with E-state index in [1.807, 2.05) is 20.2 Å². The summed E-state index contributed by atoms with van der Waals surface area (Å²) in [6, 6.07) is 7.11. The number of hydrogen-bond donors (Lipinski definition) is 1. The van der Waals surface area contributed by atoms with Crippen LogP contribution in [0.4, 0.5) is 0 Å². The van der Waals surface area contributed by atoms with Crippen LogP contribution in [-0.2, 0) is 0 Å². The Kier molecular flexibility index (Phi) is 4.35. The molecule has 1 aromatic carbocycles. The van der Waals surface area contributed by atoms with Crippen LogP contribution in [0, 0.1) is 0 Å². The van der Waals surface area contributed by atoms with E-state index < -0.39 is 0 Å². The largest absolute Gasteiger partial charge is 0.506 e. The topological polar surface area (TPSA) is 52.9 Å². The Bertz CT molecular complexity index is 586. The van der Waals surface area contributed by atoms with E-state index in [4.69, 9.17) is 0 Å². The van der Waals surface area contributed by atoms with E-state index in [0.29, 0.717) is 29.0 Å². The maximum atomic E-state index is 12.3. The van der Waals surface area contributed by atoms with Crippen molar-refractivity contribution in [3.05, 3.63) is 41.0 Å². The summed E-state index contributed by atoms with van der Waals surface area (Å²) in [7, 11) is 4.03. The summed E-state index contributed by atoms with van der Waals surface area (Å²) >= 11 is 0. The van der Waals surface area contributed by atoms with Gasteiger partial charge in [0, 0.05) is 23.4 Å². The summed E-state index contributed by atoms with van der Waals surface area (Å²) < 4.78 is 0. The number of hydrogen-bond acceptors (Lipinski definition) is 4. The fourth-order valence-corrected chi connectivity index (χ4v) is 2.31. The number of nitrogens with zero attached hydrogens (tertiary/aromatic N) is 2. The van der Waals surface area contributed by atoms with Crippen molar-refractivity contribution < 1.29 is 9.90 Å². The highest BCUT2D eigenvalue weighted by Gasteiger charge is 2.30. The molecule has 1 N–H and O–H groups in total. The average Bonchev–Trinajstić information content (AvgIpc) is 2.67. The molecule has 0 amide bonds. The first kappa shape index (κ1) is 14.5. The third-order valence-electron chi connectivity index (χ3n) is 3.36. The summed E-state index contributed by atoms with van der Waals surface area (Å²) in [5, 5.41) is 10.2. The van der Waals surface area contributed by atoms with Crippen molar-refractivity contribution in [2.45, 2.75) is 13.3 Å². The van der Waals surface area contributed by atoms with Gasteiger partial charge in [0.15, 0.2) is 5.78 Å². The highest BCUT2D eigenvalue weighted by atomic mass is 16.3. The number of aliphatic imine (C=N–C) groups is 1. The molecular formula is C16H20N2O2. The Balaban J connectivity index is 2.15. The van der Waals surface area contributed by atoms with Gasteiger partial charge in [-0.1, -0.05) is 24.3 Å². The standard InChI is InChI=1S/C16H20N2O2/c1-11(17-9-6-10-18(2)3)14-15(19)12-7-4-5-8-13(12)16(14)20/h4-5,7-8,19H,6,9-10H2,1-3H3. The number of allylic oxidation sites excluding steroid dienone is 1. The number of carbonyl (C=O) groups is 1. The van der Waals surface area contributed by atoms with E-state index in [9.17, 15) is 9.90 Å². The zero-order valence-corrected chi connectivity index (χ0v) is 12.2. The first-order chi connectivity index (χ1) is 9.52. The number of benzene rings is 1. The minimum absolute atomic E-state index is 0.0551. The van der Waals surface area contributed by atoms with Gasteiger partial charge >= 0.3 is 0 Å². The van der Waals surface area contributed by atoms with Gasteiger partial charge < -0.3 is 10.0 Å². The smallest absolute Gasteiger partial charge is 0.199 e. The molecule has 0 aliphatic heterocycles. The van der Waals surface area contributed by atoms with Crippen molar-refractivity contribution in [1.29, 1.82) is 0 Å². The van der Waals surface area contributed by atoms with Crippen molar-refractivity contribution in [2.24, 2.45) is 4.99 Å². The minimum Gasteiger partial charge on any atom is -0.506 e. The van der Waals surface area contributed by atoms with Crippen LogP contribution in [0.5, 0.6) is 0 Å². The number of ketones is 1. The van der Waals surface area contributed by atoms with E-state index >= 15 is 0 Å². The van der Waals surface area contributed by atoms with Gasteiger partial charge in [0.25, 0.3) is 0 Å². The van der Waals surface area contributed by atoms with Crippen LogP contribution in [-0.4, -0.2) is 48.7 Å². The lowest BCUT2D eigenvalue weighted by Gasteiger charge is -2.07. The summed E-state index contributed by atoms with van der Waals surface area (Å²) in [6.07, 6.45) is 0.930. The lowest BCUT2D eigenvalue weighted by molar-refractivity contribution is 0.104. The second-order valence-electron chi connectivity index (χ2n) is 5.22. The quantitative estimate of drug-likeness (QED) is 0.662. The van der Waals surface area contributed by atoms with Crippen molar-refractivity contribution in [3.8, 4) is 0 Å². The van der Waals surface area contributed by atoms with Crippen LogP contribution in [0.3, 0.4) is 0 Å². The number of aliphatic hydroxyl groups is 1. The molecule has 106 valence electrons. The van der Waals surface area contributed by atoms with Gasteiger partial charge in [0.2, 0.25) is 0 Å². The molecule has 0 aromatic heterocycles. The molecule has 0 saturated carbocycles. The number of aliphatic hydroxyl groups excluding tert-OH is 1. The van der Waals surface area contributed by atoms with Gasteiger partial charge in [-0.25, -0.2) is 0 Å². The van der Waals surface area contributed by atoms with E-state index in [1.165, 1.54) is 0 Å². The fourth-order valence-electron chi connectivity index (χ4n) is 2.31. The van der Waals surface area contributed by atoms with E-state index in [1.54, 1.807) is 25.1 Å². The zero-order chi connectivity index (χ0) is 14.7. The number of rotatable bonds is 5. The summed E-state index contributed by atoms with van der Waals surface area (Å²) in [5.74, 6) is -0.0774. The normalized spacial score (nSPS) is 15.2. The molecule has 2 rings (SSSR count). The predicted octanol–water partition coefficient (Wildman–Crippen LogP) is 2.56. The van der Waals surface area contributed by atoms with Crippen molar-refractivity contribution in [3.63, 3.8) is 0 Å². The summed E-state index contributed by atoms with van der Waals surface area (Å²) in [6.45, 7) is 3.39. The van der Waals surface area contributed by atoms with Gasteiger partial charge in [-0.3, -0.25) is 9.79 Å². The average molecular weight is 272 g/mol. The van der Waals surface area contributed by atoms with Crippen LogP contribution in [0.1, 0.15) is 29.3 Å². The first-order valence-corrected chi connectivity index (χ1v) is 6.76. The van der Waals surface area contributed by atoms with Crippen molar-refractivity contribution >= 4 is 17.3 Å². The minimum atomic E-state index is -0.132. The predicted molar refractivity (Wildman–Crippen MR) is 81.5 cm³/mol. The maximum absolute atomic E-state index is 12.3. The van der Waals surface area contributed by atoms with Crippen LogP contribution in [0.2, 0.25) is 0 Å². The molecule has 0 fully saturated rings. The molecular weight excluding hydrogens is 252 g/mol. The molecule has 0 radical (unpaired) electrons. The lowest BCUT2D eigenvalue weighted by Crippen LogP contribution is -2.14. The Morgan fingerprint density at radius 3 is 2.50 bits per heavy atom. The highest BCUT2D eigenvalue weighted by molar-refractivity contribution is 6.35. The second-order valence-corrected chi connectivity index (χ2v) is 5.22. The Morgan fingerprint density at radius 2 is 1.90 bits per heavy atom. The van der Waals surface area contributed by atoms with Crippen LogP contribution < -0.4 is 0 Å². The molecule has 0 spiro atoms. The molecule has 1 aromatic rings. The van der Waals surface area contributed by atoms with E-state index in [-0.39, 0.29) is 11.5 Å². The summed E-state index contributed by atoms with van der Waals surface area (Å²) in [4.78, 5) is 18.8. The second kappa shape index (κ2) is 6.01. The van der Waals surface area contributed by atoms with Gasteiger partial charge in [-0.05, 0) is 34.0 Å².